The van der Waals surface area contributed by atoms with Crippen LogP contribution in [-0.2, 0) is 11.3 Å². The molecule has 0 saturated carbocycles. The van der Waals surface area contributed by atoms with Crippen molar-refractivity contribution in [3.63, 3.8) is 0 Å². The van der Waals surface area contributed by atoms with E-state index in [1.807, 2.05) is 7.05 Å². The number of ether oxygens (including phenoxy) is 1. The number of aromatic nitrogens is 2. The van der Waals surface area contributed by atoms with Crippen LogP contribution >= 0.6 is 11.3 Å². The van der Waals surface area contributed by atoms with E-state index >= 15 is 0 Å². The third kappa shape index (κ3) is 6.25. The van der Waals surface area contributed by atoms with E-state index in [9.17, 15) is 0 Å². The summed E-state index contributed by atoms with van der Waals surface area (Å²) in [5.41, 5.74) is 0. The average Bonchev–Trinajstić information content (AvgIpc) is 2.80. The van der Waals surface area contributed by atoms with Crippen molar-refractivity contribution in [2.24, 2.45) is 0 Å². The van der Waals surface area contributed by atoms with E-state index < -0.39 is 0 Å². The SMILES string of the molecule is CCCNc1nnc(CN(C)CCOCCO)s1. The number of rotatable bonds is 10. The molecule has 0 aliphatic rings. The van der Waals surface area contributed by atoms with E-state index in [2.05, 4.69) is 27.3 Å². The monoisotopic (exact) mass is 274 g/mol. The number of hydrogen-bond donors (Lipinski definition) is 2. The topological polar surface area (TPSA) is 70.5 Å². The smallest absolute Gasteiger partial charge is 0.205 e. The van der Waals surface area contributed by atoms with E-state index in [4.69, 9.17) is 9.84 Å². The van der Waals surface area contributed by atoms with Crippen LogP contribution in [0.1, 0.15) is 18.4 Å². The maximum atomic E-state index is 8.58. The highest BCUT2D eigenvalue weighted by Crippen LogP contribution is 2.16. The standard InChI is InChI=1S/C11H22N4O2S/c1-3-4-12-11-14-13-10(18-11)9-15(2)5-7-17-8-6-16/h16H,3-9H2,1-2H3,(H,12,14). The van der Waals surface area contributed by atoms with Gasteiger partial charge in [0.05, 0.1) is 26.4 Å². The van der Waals surface area contributed by atoms with Gasteiger partial charge in [-0.2, -0.15) is 0 Å². The Morgan fingerprint density at radius 1 is 1.39 bits per heavy atom. The molecule has 2 N–H and O–H groups in total. The summed E-state index contributed by atoms with van der Waals surface area (Å²) in [6, 6.07) is 0. The fourth-order valence-electron chi connectivity index (χ4n) is 1.32. The van der Waals surface area contributed by atoms with Gasteiger partial charge in [-0.3, -0.25) is 4.90 Å². The van der Waals surface area contributed by atoms with Crippen LogP contribution in [0.3, 0.4) is 0 Å². The van der Waals surface area contributed by atoms with Crippen molar-refractivity contribution < 1.29 is 9.84 Å². The fraction of sp³-hybridized carbons (Fsp3) is 0.818. The number of anilines is 1. The quantitative estimate of drug-likeness (QED) is 0.615. The molecular formula is C11H22N4O2S. The minimum atomic E-state index is 0.0760. The zero-order valence-corrected chi connectivity index (χ0v) is 11.9. The first-order valence-electron chi connectivity index (χ1n) is 6.19. The molecule has 1 heterocycles. The normalized spacial score (nSPS) is 11.1. The van der Waals surface area contributed by atoms with Gasteiger partial charge in [-0.1, -0.05) is 18.3 Å². The third-order valence-corrected chi connectivity index (χ3v) is 3.12. The molecule has 0 bridgehead atoms. The van der Waals surface area contributed by atoms with E-state index in [-0.39, 0.29) is 6.61 Å². The highest BCUT2D eigenvalue weighted by atomic mass is 32.1. The Labute approximate surface area is 112 Å². The summed E-state index contributed by atoms with van der Waals surface area (Å²) in [5, 5.41) is 21.9. The fourth-order valence-corrected chi connectivity index (χ4v) is 2.16. The molecule has 0 unspecified atom stereocenters. The summed E-state index contributed by atoms with van der Waals surface area (Å²) in [5.74, 6) is 0. The van der Waals surface area contributed by atoms with Gasteiger partial charge in [-0.05, 0) is 13.5 Å². The summed E-state index contributed by atoms with van der Waals surface area (Å²) >= 11 is 1.59. The van der Waals surface area contributed by atoms with Crippen LogP contribution in [0, 0.1) is 0 Å². The van der Waals surface area contributed by atoms with E-state index in [0.717, 1.165) is 36.2 Å². The van der Waals surface area contributed by atoms with Gasteiger partial charge in [0.25, 0.3) is 0 Å². The lowest BCUT2D eigenvalue weighted by Crippen LogP contribution is -2.23. The second-order valence-corrected chi connectivity index (χ2v) is 5.06. The number of nitrogens with one attached hydrogen (secondary N) is 1. The summed E-state index contributed by atoms with van der Waals surface area (Å²) in [7, 11) is 2.02. The van der Waals surface area contributed by atoms with Crippen molar-refractivity contribution in [1.29, 1.82) is 0 Å². The van der Waals surface area contributed by atoms with Crippen molar-refractivity contribution in [3.05, 3.63) is 5.01 Å². The minimum Gasteiger partial charge on any atom is -0.394 e. The first-order valence-corrected chi connectivity index (χ1v) is 7.01. The Hall–Kier alpha value is -0.760. The summed E-state index contributed by atoms with van der Waals surface area (Å²) in [4.78, 5) is 2.13. The third-order valence-electron chi connectivity index (χ3n) is 2.25. The summed E-state index contributed by atoms with van der Waals surface area (Å²) < 4.78 is 5.21. The van der Waals surface area contributed by atoms with Gasteiger partial charge in [0.2, 0.25) is 5.13 Å². The van der Waals surface area contributed by atoms with Gasteiger partial charge < -0.3 is 15.2 Å². The van der Waals surface area contributed by atoms with Crippen LogP contribution in [0.5, 0.6) is 0 Å². The molecule has 18 heavy (non-hydrogen) atoms. The van der Waals surface area contributed by atoms with Crippen LogP contribution < -0.4 is 5.32 Å². The Kier molecular flexibility index (Phi) is 7.83. The van der Waals surface area contributed by atoms with Gasteiger partial charge in [0.1, 0.15) is 5.01 Å². The average molecular weight is 274 g/mol. The van der Waals surface area contributed by atoms with Gasteiger partial charge in [0, 0.05) is 13.1 Å². The Morgan fingerprint density at radius 2 is 2.22 bits per heavy atom. The zero-order chi connectivity index (χ0) is 13.2. The first-order chi connectivity index (χ1) is 8.76. The Bertz CT molecular complexity index is 322. The van der Waals surface area contributed by atoms with Crippen LogP contribution in [0.2, 0.25) is 0 Å². The van der Waals surface area contributed by atoms with Gasteiger partial charge in [0.15, 0.2) is 0 Å². The molecule has 6 nitrogen and oxygen atoms in total. The number of aliphatic hydroxyl groups is 1. The van der Waals surface area contributed by atoms with E-state index in [1.165, 1.54) is 0 Å². The molecule has 1 aromatic heterocycles. The molecule has 0 aromatic carbocycles. The van der Waals surface area contributed by atoms with E-state index in [1.54, 1.807) is 11.3 Å². The number of hydrogen-bond acceptors (Lipinski definition) is 7. The van der Waals surface area contributed by atoms with Crippen molar-refractivity contribution in [2.45, 2.75) is 19.9 Å². The second kappa shape index (κ2) is 9.21. The minimum absolute atomic E-state index is 0.0760. The molecule has 0 atom stereocenters. The Balaban J connectivity index is 2.22. The number of aliphatic hydroxyl groups excluding tert-OH is 1. The molecule has 0 fully saturated rings. The largest absolute Gasteiger partial charge is 0.394 e. The maximum absolute atomic E-state index is 8.58. The second-order valence-electron chi connectivity index (χ2n) is 4.00. The van der Waals surface area contributed by atoms with Crippen LogP contribution in [0.15, 0.2) is 0 Å². The maximum Gasteiger partial charge on any atom is 0.205 e. The molecule has 7 heteroatoms. The predicted octanol–water partition coefficient (Wildman–Crippen LogP) is 0.801. The van der Waals surface area contributed by atoms with E-state index in [0.29, 0.717) is 13.2 Å². The number of nitrogens with zero attached hydrogens (tertiary/aromatic N) is 3. The van der Waals surface area contributed by atoms with Crippen molar-refractivity contribution >= 4 is 16.5 Å². The highest BCUT2D eigenvalue weighted by molar-refractivity contribution is 7.15. The van der Waals surface area contributed by atoms with Gasteiger partial charge in [-0.15, -0.1) is 10.2 Å². The lowest BCUT2D eigenvalue weighted by molar-refractivity contribution is 0.0772. The molecule has 0 aliphatic carbocycles. The molecule has 104 valence electrons. The molecule has 0 radical (unpaired) electrons. The highest BCUT2D eigenvalue weighted by Gasteiger charge is 2.06. The van der Waals surface area contributed by atoms with Gasteiger partial charge >= 0.3 is 0 Å². The predicted molar refractivity (Wildman–Crippen MR) is 72.9 cm³/mol. The van der Waals surface area contributed by atoms with Crippen LogP contribution in [0.25, 0.3) is 0 Å². The van der Waals surface area contributed by atoms with Gasteiger partial charge in [-0.25, -0.2) is 0 Å². The molecule has 0 spiro atoms. The summed E-state index contributed by atoms with van der Waals surface area (Å²) in [6.07, 6.45) is 1.08. The summed E-state index contributed by atoms with van der Waals surface area (Å²) in [6.45, 7) is 5.74. The molecular weight excluding hydrogens is 252 g/mol. The van der Waals surface area contributed by atoms with Crippen LogP contribution in [-0.4, -0.2) is 60.2 Å². The molecule has 1 aromatic rings. The first kappa shape index (κ1) is 15.3. The van der Waals surface area contributed by atoms with Crippen molar-refractivity contribution in [2.75, 3.05) is 45.3 Å². The lowest BCUT2D eigenvalue weighted by atomic mass is 10.5. The number of likely N-dealkylation sites (N-methyl/N-ethyl adjacent to an activating group) is 1. The van der Waals surface area contributed by atoms with Crippen LogP contribution in [0.4, 0.5) is 5.13 Å². The molecule has 0 aliphatic heterocycles. The van der Waals surface area contributed by atoms with Crippen molar-refractivity contribution in [3.8, 4) is 0 Å². The zero-order valence-electron chi connectivity index (χ0n) is 11.1. The molecule has 0 amide bonds. The molecule has 0 saturated heterocycles. The van der Waals surface area contributed by atoms with Crippen molar-refractivity contribution in [1.82, 2.24) is 15.1 Å². The Morgan fingerprint density at radius 3 is 2.94 bits per heavy atom. The molecule has 1 rings (SSSR count). The lowest BCUT2D eigenvalue weighted by Gasteiger charge is -2.14.